The topological polar surface area (TPSA) is 82.2 Å². The minimum Gasteiger partial charge on any atom is -0.493 e. The molecule has 2 aromatic heterocycles. The maximum Gasteiger partial charge on any atom is 0.230 e. The number of allylic oxidation sites excluding steroid dienone is 1. The molecule has 1 amide bonds. The average molecular weight is 435 g/mol. The van der Waals surface area contributed by atoms with Crippen LogP contribution in [0.2, 0.25) is 0 Å². The van der Waals surface area contributed by atoms with Crippen molar-refractivity contribution >= 4 is 28.6 Å². The van der Waals surface area contributed by atoms with Crippen molar-refractivity contribution in [2.24, 2.45) is 0 Å². The number of para-hydroxylation sites is 1. The van der Waals surface area contributed by atoms with Crippen LogP contribution in [0.3, 0.4) is 0 Å². The number of nitrogens with one attached hydrogen (secondary N) is 1. The molecule has 1 N–H and O–H groups in total. The Kier molecular flexibility index (Phi) is 6.37. The molecule has 0 fully saturated rings. The highest BCUT2D eigenvalue weighted by molar-refractivity contribution is 7.99. The maximum absolute atomic E-state index is 12.3. The van der Waals surface area contributed by atoms with Crippen molar-refractivity contribution in [2.45, 2.75) is 18.2 Å². The van der Waals surface area contributed by atoms with Crippen molar-refractivity contribution in [1.29, 1.82) is 0 Å². The molecule has 31 heavy (non-hydrogen) atoms. The zero-order chi connectivity index (χ0) is 21.6. The highest BCUT2D eigenvalue weighted by Crippen LogP contribution is 2.33. The number of amides is 1. The minimum atomic E-state index is -0.0722. The zero-order valence-corrected chi connectivity index (χ0v) is 17.9. The number of methoxy groups -OCH3 is 1. The van der Waals surface area contributed by atoms with Crippen LogP contribution in [-0.2, 0) is 17.9 Å². The fourth-order valence-corrected chi connectivity index (χ4v) is 3.93. The Balaban J connectivity index is 1.50. The number of carbonyl (C=O) groups is 1. The summed E-state index contributed by atoms with van der Waals surface area (Å²) in [6.45, 7) is 4.81. The molecular weight excluding hydrogens is 412 g/mol. The number of ether oxygens (including phenoxy) is 1. The third kappa shape index (κ3) is 4.64. The molecule has 0 spiro atoms. The van der Waals surface area contributed by atoms with Crippen LogP contribution in [0.5, 0.6) is 5.75 Å². The average Bonchev–Trinajstić information content (AvgIpc) is 3.41. The molecule has 0 atom stereocenters. The lowest BCUT2D eigenvalue weighted by atomic mass is 10.2. The summed E-state index contributed by atoms with van der Waals surface area (Å²) in [5.74, 6) is 1.97. The lowest BCUT2D eigenvalue weighted by Crippen LogP contribution is -2.24. The van der Waals surface area contributed by atoms with E-state index < -0.39 is 0 Å². The largest absolute Gasteiger partial charge is 0.493 e. The van der Waals surface area contributed by atoms with E-state index in [1.807, 2.05) is 59.2 Å². The van der Waals surface area contributed by atoms with E-state index in [2.05, 4.69) is 22.1 Å². The Morgan fingerprint density at radius 3 is 2.84 bits per heavy atom. The summed E-state index contributed by atoms with van der Waals surface area (Å²) in [5.41, 5.74) is 1.71. The fourth-order valence-electron chi connectivity index (χ4n) is 3.16. The molecule has 0 aliphatic rings. The number of benzene rings is 2. The van der Waals surface area contributed by atoms with Gasteiger partial charge in [0.25, 0.3) is 0 Å². The van der Waals surface area contributed by atoms with E-state index in [0.29, 0.717) is 41.2 Å². The quantitative estimate of drug-likeness (QED) is 0.313. The fraction of sp³-hybridized carbons (Fsp3) is 0.174. The second-order valence-electron chi connectivity index (χ2n) is 6.75. The molecule has 8 heteroatoms. The van der Waals surface area contributed by atoms with Crippen molar-refractivity contribution < 1.29 is 13.9 Å². The molecule has 7 nitrogen and oxygen atoms in total. The first-order valence-electron chi connectivity index (χ1n) is 9.74. The highest BCUT2D eigenvalue weighted by atomic mass is 32.2. The summed E-state index contributed by atoms with van der Waals surface area (Å²) in [5, 5.41) is 13.0. The van der Waals surface area contributed by atoms with Crippen molar-refractivity contribution in [1.82, 2.24) is 20.1 Å². The first-order chi connectivity index (χ1) is 15.2. The van der Waals surface area contributed by atoms with Crippen LogP contribution in [0.25, 0.3) is 22.6 Å². The standard InChI is InChI=1S/C23H22N4O3S/c1-3-12-27-22(19-13-17-10-7-11-18(29-2)21(17)30-19)25-26-23(27)31-15-20(28)24-14-16-8-5-4-6-9-16/h3-11,13H,1,12,14-15H2,2H3,(H,24,28). The van der Waals surface area contributed by atoms with Gasteiger partial charge in [-0.3, -0.25) is 9.36 Å². The lowest BCUT2D eigenvalue weighted by Gasteiger charge is -2.07. The summed E-state index contributed by atoms with van der Waals surface area (Å²) < 4.78 is 13.3. The van der Waals surface area contributed by atoms with E-state index in [-0.39, 0.29) is 11.7 Å². The molecule has 0 saturated heterocycles. The number of fused-ring (bicyclic) bond motifs is 1. The Morgan fingerprint density at radius 1 is 1.23 bits per heavy atom. The number of rotatable bonds is 9. The van der Waals surface area contributed by atoms with Gasteiger partial charge < -0.3 is 14.5 Å². The van der Waals surface area contributed by atoms with Crippen LogP contribution in [0.4, 0.5) is 0 Å². The van der Waals surface area contributed by atoms with Gasteiger partial charge in [-0.15, -0.1) is 16.8 Å². The third-order valence-electron chi connectivity index (χ3n) is 4.64. The number of aromatic nitrogens is 3. The van der Waals surface area contributed by atoms with Gasteiger partial charge in [0, 0.05) is 18.5 Å². The van der Waals surface area contributed by atoms with E-state index in [1.54, 1.807) is 13.2 Å². The van der Waals surface area contributed by atoms with Gasteiger partial charge in [-0.2, -0.15) is 0 Å². The van der Waals surface area contributed by atoms with Gasteiger partial charge in [0.15, 0.2) is 22.2 Å². The third-order valence-corrected chi connectivity index (χ3v) is 5.61. The first kappa shape index (κ1) is 20.7. The van der Waals surface area contributed by atoms with E-state index in [9.17, 15) is 4.79 Å². The van der Waals surface area contributed by atoms with Crippen molar-refractivity contribution in [3.05, 3.63) is 72.8 Å². The minimum absolute atomic E-state index is 0.0722. The predicted molar refractivity (Wildman–Crippen MR) is 121 cm³/mol. The molecule has 0 unspecified atom stereocenters. The van der Waals surface area contributed by atoms with Gasteiger partial charge in [0.05, 0.1) is 12.9 Å². The summed E-state index contributed by atoms with van der Waals surface area (Å²) in [4.78, 5) is 12.3. The molecule has 0 saturated carbocycles. The summed E-state index contributed by atoms with van der Waals surface area (Å²) in [6.07, 6.45) is 1.76. The normalized spacial score (nSPS) is 10.9. The maximum atomic E-state index is 12.3. The van der Waals surface area contributed by atoms with E-state index >= 15 is 0 Å². The van der Waals surface area contributed by atoms with Crippen LogP contribution in [0, 0.1) is 0 Å². The first-order valence-corrected chi connectivity index (χ1v) is 10.7. The van der Waals surface area contributed by atoms with E-state index in [1.165, 1.54) is 11.8 Å². The van der Waals surface area contributed by atoms with Gasteiger partial charge in [-0.05, 0) is 17.7 Å². The number of hydrogen-bond donors (Lipinski definition) is 1. The number of carbonyl (C=O) groups excluding carboxylic acids is 1. The molecular formula is C23H22N4O3S. The van der Waals surface area contributed by atoms with Gasteiger partial charge in [0.2, 0.25) is 11.7 Å². The second-order valence-corrected chi connectivity index (χ2v) is 7.69. The van der Waals surface area contributed by atoms with Crippen LogP contribution in [0.1, 0.15) is 5.56 Å². The molecule has 0 bridgehead atoms. The molecule has 4 aromatic rings. The molecule has 158 valence electrons. The molecule has 0 aliphatic carbocycles. The highest BCUT2D eigenvalue weighted by Gasteiger charge is 2.19. The van der Waals surface area contributed by atoms with Crippen molar-refractivity contribution in [3.8, 4) is 17.3 Å². The summed E-state index contributed by atoms with van der Waals surface area (Å²) in [7, 11) is 1.61. The second kappa shape index (κ2) is 9.53. The SMILES string of the molecule is C=CCn1c(SCC(=O)NCc2ccccc2)nnc1-c1cc2cccc(OC)c2o1. The summed E-state index contributed by atoms with van der Waals surface area (Å²) in [6, 6.07) is 17.4. The number of thioether (sulfide) groups is 1. The molecule has 0 radical (unpaired) electrons. The van der Waals surface area contributed by atoms with Crippen molar-refractivity contribution in [2.75, 3.05) is 12.9 Å². The molecule has 2 aromatic carbocycles. The van der Waals surface area contributed by atoms with Crippen LogP contribution < -0.4 is 10.1 Å². The Labute approximate surface area is 184 Å². The monoisotopic (exact) mass is 434 g/mol. The zero-order valence-electron chi connectivity index (χ0n) is 17.1. The van der Waals surface area contributed by atoms with Gasteiger partial charge in [-0.25, -0.2) is 0 Å². The van der Waals surface area contributed by atoms with Gasteiger partial charge >= 0.3 is 0 Å². The number of nitrogens with zero attached hydrogens (tertiary/aromatic N) is 3. The summed E-state index contributed by atoms with van der Waals surface area (Å²) >= 11 is 1.32. The van der Waals surface area contributed by atoms with Crippen LogP contribution in [0.15, 0.2) is 76.8 Å². The van der Waals surface area contributed by atoms with Gasteiger partial charge in [0.1, 0.15) is 0 Å². The van der Waals surface area contributed by atoms with Crippen LogP contribution in [-0.4, -0.2) is 33.5 Å². The molecule has 4 rings (SSSR count). The van der Waals surface area contributed by atoms with E-state index in [4.69, 9.17) is 9.15 Å². The number of furan rings is 1. The predicted octanol–water partition coefficient (Wildman–Crippen LogP) is 4.29. The molecule has 2 heterocycles. The lowest BCUT2D eigenvalue weighted by molar-refractivity contribution is -0.118. The van der Waals surface area contributed by atoms with Crippen molar-refractivity contribution in [3.63, 3.8) is 0 Å². The number of hydrogen-bond acceptors (Lipinski definition) is 6. The Bertz CT molecular complexity index is 1200. The van der Waals surface area contributed by atoms with Gasteiger partial charge in [-0.1, -0.05) is 60.3 Å². The molecule has 0 aliphatic heterocycles. The van der Waals surface area contributed by atoms with Crippen LogP contribution >= 0.6 is 11.8 Å². The van der Waals surface area contributed by atoms with E-state index in [0.717, 1.165) is 10.9 Å². The Hall–Kier alpha value is -3.52. The smallest absolute Gasteiger partial charge is 0.230 e. The Morgan fingerprint density at radius 2 is 2.06 bits per heavy atom.